The average Bonchev–Trinajstić information content (AvgIpc) is 3.05. The Morgan fingerprint density at radius 3 is 2.32 bits per heavy atom. The van der Waals surface area contributed by atoms with Gasteiger partial charge in [0.2, 0.25) is 5.96 Å². The van der Waals surface area contributed by atoms with E-state index >= 15 is 0 Å². The van der Waals surface area contributed by atoms with E-state index in [4.69, 9.17) is 0 Å². The summed E-state index contributed by atoms with van der Waals surface area (Å²) in [7, 11) is 0. The van der Waals surface area contributed by atoms with Crippen LogP contribution in [0.2, 0.25) is 0 Å². The molecule has 0 saturated carbocycles. The molecule has 0 spiro atoms. The molecule has 0 aromatic heterocycles. The third kappa shape index (κ3) is 3.63. The van der Waals surface area contributed by atoms with Crippen LogP contribution in [-0.4, -0.2) is 37.0 Å². The molecule has 1 amide bonds. The van der Waals surface area contributed by atoms with E-state index in [9.17, 15) is 9.35 Å². The summed E-state index contributed by atoms with van der Waals surface area (Å²) in [5, 5.41) is 8.64. The van der Waals surface area contributed by atoms with Crippen molar-refractivity contribution in [2.45, 2.75) is 70.4 Å². The van der Waals surface area contributed by atoms with Crippen molar-refractivity contribution in [2.75, 3.05) is 0 Å². The number of nitrogens with zero attached hydrogens (tertiary/aromatic N) is 2. The van der Waals surface area contributed by atoms with E-state index in [1.54, 1.807) is 18.9 Å². The fourth-order valence-electron chi connectivity index (χ4n) is 1.62. The van der Waals surface area contributed by atoms with Crippen LogP contribution >= 0.6 is 0 Å². The molecule has 0 bridgehead atoms. The van der Waals surface area contributed by atoms with Crippen molar-refractivity contribution in [1.29, 1.82) is 0 Å². The van der Waals surface area contributed by atoms with Gasteiger partial charge in [0, 0.05) is 0 Å². The Morgan fingerprint density at radius 2 is 1.95 bits per heavy atom. The molecule has 1 rings (SSSR count). The third-order valence-electron chi connectivity index (χ3n) is 3.21. The normalized spacial score (nSPS) is 18.7. The van der Waals surface area contributed by atoms with Gasteiger partial charge in [-0.3, -0.25) is 10.1 Å². The average molecular weight is 287 g/mol. The summed E-state index contributed by atoms with van der Waals surface area (Å²) in [6, 6.07) is 0. The lowest BCUT2D eigenvalue weighted by atomic mass is 10.1. The van der Waals surface area contributed by atoms with Crippen LogP contribution in [0.4, 0.5) is 0 Å². The fourth-order valence-corrected chi connectivity index (χ4v) is 3.16. The van der Waals surface area contributed by atoms with Gasteiger partial charge >= 0.3 is 0 Å². The molecule has 0 aromatic rings. The highest BCUT2D eigenvalue weighted by molar-refractivity contribution is 7.94. The molecule has 1 unspecified atom stereocenters. The van der Waals surface area contributed by atoms with Crippen molar-refractivity contribution in [3.63, 3.8) is 0 Å². The van der Waals surface area contributed by atoms with Gasteiger partial charge < -0.3 is 4.55 Å². The molecule has 2 atom stereocenters. The SMILES string of the molecule is CC[C@H](C)[S+]([O-])C(C)(C)C(=O)NC1=NN1C(C)(C)C. The number of carbonyl (C=O) groups is 1. The maximum Gasteiger partial charge on any atom is 0.282 e. The minimum Gasteiger partial charge on any atom is -0.615 e. The molecule has 1 N–H and O–H groups in total. The second kappa shape index (κ2) is 5.32. The Balaban J connectivity index is 2.62. The van der Waals surface area contributed by atoms with Crippen molar-refractivity contribution < 1.29 is 9.35 Å². The van der Waals surface area contributed by atoms with Crippen molar-refractivity contribution >= 4 is 23.0 Å². The first kappa shape index (κ1) is 16.3. The van der Waals surface area contributed by atoms with Gasteiger partial charge in [-0.15, -0.1) is 5.10 Å². The van der Waals surface area contributed by atoms with Crippen molar-refractivity contribution in [1.82, 2.24) is 10.3 Å². The molecular weight excluding hydrogens is 262 g/mol. The van der Waals surface area contributed by atoms with Gasteiger partial charge in [-0.1, -0.05) is 6.92 Å². The number of hydrazone groups is 1. The zero-order chi connectivity index (χ0) is 15.0. The highest BCUT2D eigenvalue weighted by Gasteiger charge is 2.45. The summed E-state index contributed by atoms with van der Waals surface area (Å²) >= 11 is -1.21. The van der Waals surface area contributed by atoms with E-state index in [2.05, 4.69) is 10.4 Å². The number of guanidine groups is 1. The molecule has 1 heterocycles. The number of hydrogen-bond donors (Lipinski definition) is 1. The predicted octanol–water partition coefficient (Wildman–Crippen LogP) is 1.81. The van der Waals surface area contributed by atoms with E-state index in [-0.39, 0.29) is 16.7 Å². The largest absolute Gasteiger partial charge is 0.615 e. The van der Waals surface area contributed by atoms with Crippen LogP contribution in [0.1, 0.15) is 54.9 Å². The number of hydrogen-bond acceptors (Lipinski definition) is 4. The molecule has 0 aliphatic carbocycles. The first-order valence-corrected chi connectivity index (χ1v) is 7.84. The predicted molar refractivity (Wildman–Crippen MR) is 79.1 cm³/mol. The quantitative estimate of drug-likeness (QED) is 0.802. The Bertz CT molecular complexity index is 388. The molecule has 5 nitrogen and oxygen atoms in total. The number of carbonyl (C=O) groups excluding carboxylic acids is 1. The lowest BCUT2D eigenvalue weighted by molar-refractivity contribution is -0.121. The fraction of sp³-hybridized carbons (Fsp3) is 0.846. The van der Waals surface area contributed by atoms with Crippen LogP contribution in [0.3, 0.4) is 0 Å². The van der Waals surface area contributed by atoms with E-state index in [1.807, 2.05) is 34.6 Å². The summed E-state index contributed by atoms with van der Waals surface area (Å²) < 4.78 is 11.4. The van der Waals surface area contributed by atoms with Crippen molar-refractivity contribution in [3.05, 3.63) is 0 Å². The molecule has 6 heteroatoms. The Morgan fingerprint density at radius 1 is 1.42 bits per heavy atom. The molecule has 110 valence electrons. The first-order valence-electron chi connectivity index (χ1n) is 6.62. The van der Waals surface area contributed by atoms with Gasteiger partial charge in [0.1, 0.15) is 5.25 Å². The van der Waals surface area contributed by atoms with Crippen LogP contribution in [-0.2, 0) is 16.0 Å². The van der Waals surface area contributed by atoms with Crippen molar-refractivity contribution in [2.24, 2.45) is 5.10 Å². The number of amides is 1. The molecular formula is C13H25N3O2S. The van der Waals surface area contributed by atoms with Crippen LogP contribution < -0.4 is 5.32 Å². The summed E-state index contributed by atoms with van der Waals surface area (Å²) in [4.78, 5) is 12.2. The second-order valence-electron chi connectivity index (χ2n) is 6.39. The second-order valence-corrected chi connectivity index (χ2v) is 8.81. The van der Waals surface area contributed by atoms with Gasteiger partial charge in [0.15, 0.2) is 4.75 Å². The molecule has 0 radical (unpaired) electrons. The Kier molecular flexibility index (Phi) is 4.57. The third-order valence-corrected chi connectivity index (χ3v) is 5.46. The Hall–Kier alpha value is -0.750. The molecule has 0 saturated heterocycles. The van der Waals surface area contributed by atoms with E-state index in [0.717, 1.165) is 6.42 Å². The van der Waals surface area contributed by atoms with E-state index in [1.165, 1.54) is 0 Å². The number of nitrogens with one attached hydrogen (secondary N) is 1. The maximum absolute atomic E-state index is 12.3. The monoisotopic (exact) mass is 287 g/mol. The first-order chi connectivity index (χ1) is 8.51. The number of rotatable bonds is 4. The molecule has 0 aromatic carbocycles. The summed E-state index contributed by atoms with van der Waals surface area (Å²) in [6.45, 7) is 13.3. The van der Waals surface area contributed by atoms with Gasteiger partial charge in [-0.05, 0) is 59.1 Å². The van der Waals surface area contributed by atoms with Gasteiger partial charge in [0.25, 0.3) is 5.91 Å². The molecule has 1 aliphatic rings. The van der Waals surface area contributed by atoms with Crippen LogP contribution in [0.5, 0.6) is 0 Å². The van der Waals surface area contributed by atoms with Crippen LogP contribution in [0.25, 0.3) is 0 Å². The van der Waals surface area contributed by atoms with Crippen LogP contribution in [0, 0.1) is 0 Å². The molecule has 1 aliphatic heterocycles. The van der Waals surface area contributed by atoms with Crippen molar-refractivity contribution in [3.8, 4) is 0 Å². The lowest BCUT2D eigenvalue weighted by Crippen LogP contribution is -2.52. The highest BCUT2D eigenvalue weighted by Crippen LogP contribution is 2.26. The zero-order valence-electron chi connectivity index (χ0n) is 12.9. The van der Waals surface area contributed by atoms with Crippen LogP contribution in [0.15, 0.2) is 5.10 Å². The summed E-state index contributed by atoms with van der Waals surface area (Å²) in [6.07, 6.45) is 0.790. The van der Waals surface area contributed by atoms with Gasteiger partial charge in [0.05, 0.1) is 5.54 Å². The smallest absolute Gasteiger partial charge is 0.282 e. The Labute approximate surface area is 119 Å². The summed E-state index contributed by atoms with van der Waals surface area (Å²) in [5.74, 6) is 0.323. The lowest BCUT2D eigenvalue weighted by Gasteiger charge is -2.30. The summed E-state index contributed by atoms with van der Waals surface area (Å²) in [5.41, 5.74) is -0.136. The minimum atomic E-state index is -1.21. The van der Waals surface area contributed by atoms with Gasteiger partial charge in [-0.25, -0.2) is 5.01 Å². The zero-order valence-corrected chi connectivity index (χ0v) is 13.7. The highest BCUT2D eigenvalue weighted by atomic mass is 32.2. The van der Waals surface area contributed by atoms with E-state index < -0.39 is 15.9 Å². The topological polar surface area (TPSA) is 67.5 Å². The molecule has 19 heavy (non-hydrogen) atoms. The minimum absolute atomic E-state index is 0.000566. The maximum atomic E-state index is 12.3. The van der Waals surface area contributed by atoms with Gasteiger partial charge in [-0.2, -0.15) is 0 Å². The molecule has 0 fully saturated rings. The van der Waals surface area contributed by atoms with E-state index in [0.29, 0.717) is 5.96 Å². The standard InChI is InChI=1S/C13H25N3O2S/c1-8-9(2)19(18)13(6,7)10(17)14-11-15-16(11)12(3,4)5/h9H,8H2,1-7H3,(H,14,15,17)/t9-,16?,19?/m0/s1.